The van der Waals surface area contributed by atoms with Gasteiger partial charge in [0, 0.05) is 17.1 Å². The van der Waals surface area contributed by atoms with Crippen molar-refractivity contribution in [2.45, 2.75) is 33.6 Å². The Bertz CT molecular complexity index is 1020. The summed E-state index contributed by atoms with van der Waals surface area (Å²) >= 11 is 12.8. The maximum absolute atomic E-state index is 12.5. The maximum Gasteiger partial charge on any atom is 0.266 e. The average molecular weight is 476 g/mol. The third-order valence-corrected chi connectivity index (χ3v) is 6.45. The molecule has 31 heavy (non-hydrogen) atoms. The molecule has 1 aliphatic heterocycles. The zero-order chi connectivity index (χ0) is 22.5. The molecule has 0 atom stereocenters. The lowest BCUT2D eigenvalue weighted by atomic mass is 10.0. The van der Waals surface area contributed by atoms with Gasteiger partial charge in [-0.15, -0.1) is 0 Å². The fraction of sp³-hybridized carbons (Fsp3) is 0.333. The molecular formula is C24H26ClNO3S2. The van der Waals surface area contributed by atoms with Crippen LogP contribution in [0.3, 0.4) is 0 Å². The summed E-state index contributed by atoms with van der Waals surface area (Å²) in [6, 6.07) is 11.6. The van der Waals surface area contributed by atoms with Crippen LogP contribution in [-0.2, 0) is 4.79 Å². The van der Waals surface area contributed by atoms with Crippen molar-refractivity contribution in [2.24, 2.45) is 0 Å². The van der Waals surface area contributed by atoms with E-state index in [1.54, 1.807) is 29.2 Å². The third kappa shape index (κ3) is 5.82. The lowest BCUT2D eigenvalue weighted by Gasteiger charge is -2.16. The molecule has 0 radical (unpaired) electrons. The Morgan fingerprint density at radius 3 is 2.48 bits per heavy atom. The summed E-state index contributed by atoms with van der Waals surface area (Å²) in [6.45, 7) is 9.57. The highest BCUT2D eigenvalue weighted by molar-refractivity contribution is 8.26. The Morgan fingerprint density at radius 2 is 1.84 bits per heavy atom. The van der Waals surface area contributed by atoms with Crippen LogP contribution in [0.1, 0.15) is 43.4 Å². The molecule has 0 aliphatic carbocycles. The Balaban J connectivity index is 1.70. The monoisotopic (exact) mass is 475 g/mol. The van der Waals surface area contributed by atoms with E-state index >= 15 is 0 Å². The summed E-state index contributed by atoms with van der Waals surface area (Å²) in [5.41, 5.74) is 3.07. The first-order chi connectivity index (χ1) is 14.8. The Hall–Kier alpha value is -2.02. The van der Waals surface area contributed by atoms with Gasteiger partial charge in [0.15, 0.2) is 0 Å². The number of rotatable bonds is 8. The van der Waals surface area contributed by atoms with Gasteiger partial charge in [0.05, 0.1) is 4.91 Å². The van der Waals surface area contributed by atoms with Crippen LogP contribution < -0.4 is 9.47 Å². The fourth-order valence-corrected chi connectivity index (χ4v) is 4.78. The third-order valence-electron chi connectivity index (χ3n) is 4.84. The standard InChI is InChI=1S/C24H26ClNO3S2/c1-5-26-23(27)22(31-24(26)30)14-17-13-18(25)7-9-20(17)28-10-11-29-21-12-16(4)6-8-19(21)15(2)3/h6-9,12-15H,5,10-11H2,1-4H3. The van der Waals surface area contributed by atoms with Gasteiger partial charge in [0.2, 0.25) is 0 Å². The second kappa shape index (κ2) is 10.5. The number of carbonyl (C=O) groups is 1. The maximum atomic E-state index is 12.5. The molecule has 2 aromatic carbocycles. The van der Waals surface area contributed by atoms with E-state index in [1.165, 1.54) is 17.3 Å². The molecule has 0 spiro atoms. The predicted molar refractivity (Wildman–Crippen MR) is 133 cm³/mol. The van der Waals surface area contributed by atoms with Gasteiger partial charge >= 0.3 is 0 Å². The van der Waals surface area contributed by atoms with Crippen molar-refractivity contribution in [3.8, 4) is 11.5 Å². The fourth-order valence-electron chi connectivity index (χ4n) is 3.22. The van der Waals surface area contributed by atoms with E-state index in [0.717, 1.165) is 16.9 Å². The average Bonchev–Trinajstić information content (AvgIpc) is 2.98. The summed E-state index contributed by atoms with van der Waals surface area (Å²) in [4.78, 5) is 14.7. The molecule has 4 nitrogen and oxygen atoms in total. The van der Waals surface area contributed by atoms with Crippen molar-refractivity contribution in [2.75, 3.05) is 19.8 Å². The van der Waals surface area contributed by atoms with Crippen molar-refractivity contribution < 1.29 is 14.3 Å². The van der Waals surface area contributed by atoms with Gasteiger partial charge in [0.25, 0.3) is 5.91 Å². The molecule has 0 unspecified atom stereocenters. The van der Waals surface area contributed by atoms with Crippen LogP contribution in [0.2, 0.25) is 5.02 Å². The minimum atomic E-state index is -0.0904. The van der Waals surface area contributed by atoms with E-state index in [4.69, 9.17) is 33.3 Å². The van der Waals surface area contributed by atoms with E-state index in [2.05, 4.69) is 39.0 Å². The molecule has 1 amide bonds. The number of benzene rings is 2. The number of hydrogen-bond acceptors (Lipinski definition) is 5. The molecule has 7 heteroatoms. The van der Waals surface area contributed by atoms with Crippen LogP contribution in [-0.4, -0.2) is 34.9 Å². The molecule has 164 valence electrons. The molecular weight excluding hydrogens is 450 g/mol. The van der Waals surface area contributed by atoms with Gasteiger partial charge in [-0.25, -0.2) is 0 Å². The number of nitrogens with zero attached hydrogens (tertiary/aromatic N) is 1. The molecule has 0 N–H and O–H groups in total. The number of carbonyl (C=O) groups excluding carboxylic acids is 1. The van der Waals surface area contributed by atoms with Crippen LogP contribution in [0.15, 0.2) is 41.3 Å². The molecule has 1 aliphatic rings. The Kier molecular flexibility index (Phi) is 8.03. The lowest BCUT2D eigenvalue weighted by Crippen LogP contribution is -2.27. The molecule has 0 aromatic heterocycles. The molecule has 0 bridgehead atoms. The predicted octanol–water partition coefficient (Wildman–Crippen LogP) is 6.45. The van der Waals surface area contributed by atoms with Crippen molar-refractivity contribution in [1.82, 2.24) is 4.90 Å². The number of amides is 1. The topological polar surface area (TPSA) is 38.8 Å². The van der Waals surface area contributed by atoms with Gasteiger partial charge in [0.1, 0.15) is 29.0 Å². The molecule has 2 aromatic rings. The van der Waals surface area contributed by atoms with Crippen molar-refractivity contribution in [3.63, 3.8) is 0 Å². The summed E-state index contributed by atoms with van der Waals surface area (Å²) in [5.74, 6) is 1.81. The van der Waals surface area contributed by atoms with E-state index in [-0.39, 0.29) is 5.91 Å². The first-order valence-electron chi connectivity index (χ1n) is 10.2. The van der Waals surface area contributed by atoms with Crippen LogP contribution in [0.25, 0.3) is 6.08 Å². The van der Waals surface area contributed by atoms with E-state index < -0.39 is 0 Å². The highest BCUT2D eigenvalue weighted by Crippen LogP contribution is 2.35. The molecule has 3 rings (SSSR count). The van der Waals surface area contributed by atoms with Crippen LogP contribution >= 0.6 is 35.6 Å². The minimum absolute atomic E-state index is 0.0904. The molecule has 1 heterocycles. The summed E-state index contributed by atoms with van der Waals surface area (Å²) < 4.78 is 12.5. The summed E-state index contributed by atoms with van der Waals surface area (Å²) in [5, 5.41) is 0.571. The van der Waals surface area contributed by atoms with Crippen LogP contribution in [0.5, 0.6) is 11.5 Å². The number of hydrogen-bond donors (Lipinski definition) is 0. The number of likely N-dealkylation sites (N-methyl/N-ethyl adjacent to an activating group) is 1. The van der Waals surface area contributed by atoms with Crippen LogP contribution in [0.4, 0.5) is 0 Å². The Labute approximate surface area is 198 Å². The van der Waals surface area contributed by atoms with E-state index in [1.807, 2.05) is 6.92 Å². The van der Waals surface area contributed by atoms with Gasteiger partial charge in [-0.05, 0) is 61.2 Å². The van der Waals surface area contributed by atoms with Gasteiger partial charge in [-0.2, -0.15) is 0 Å². The SMILES string of the molecule is CCN1C(=O)C(=Cc2cc(Cl)ccc2OCCOc2cc(C)ccc2C(C)C)SC1=S. The highest BCUT2D eigenvalue weighted by Gasteiger charge is 2.30. The second-order valence-corrected chi connectivity index (χ2v) is 9.61. The van der Waals surface area contributed by atoms with E-state index in [0.29, 0.717) is 45.7 Å². The van der Waals surface area contributed by atoms with Gasteiger partial charge in [-0.3, -0.25) is 9.69 Å². The number of halogens is 1. The number of aryl methyl sites for hydroxylation is 1. The van der Waals surface area contributed by atoms with Gasteiger partial charge < -0.3 is 9.47 Å². The van der Waals surface area contributed by atoms with Gasteiger partial charge in [-0.1, -0.05) is 61.6 Å². The quantitative estimate of drug-likeness (QED) is 0.249. The molecule has 0 saturated carbocycles. The normalized spacial score (nSPS) is 15.3. The second-order valence-electron chi connectivity index (χ2n) is 7.50. The number of ether oxygens (including phenoxy) is 2. The van der Waals surface area contributed by atoms with Crippen molar-refractivity contribution in [3.05, 3.63) is 63.0 Å². The molecule has 1 fully saturated rings. The first kappa shape index (κ1) is 23.6. The highest BCUT2D eigenvalue weighted by atomic mass is 35.5. The zero-order valence-corrected chi connectivity index (χ0v) is 20.5. The zero-order valence-electron chi connectivity index (χ0n) is 18.1. The lowest BCUT2D eigenvalue weighted by molar-refractivity contribution is -0.121. The van der Waals surface area contributed by atoms with Crippen LogP contribution in [0, 0.1) is 6.92 Å². The van der Waals surface area contributed by atoms with Crippen molar-refractivity contribution >= 4 is 51.9 Å². The first-order valence-corrected chi connectivity index (χ1v) is 11.8. The number of thiocarbonyl (C=S) groups is 1. The van der Waals surface area contributed by atoms with E-state index in [9.17, 15) is 4.79 Å². The molecule has 1 saturated heterocycles. The summed E-state index contributed by atoms with van der Waals surface area (Å²) in [6.07, 6.45) is 1.79. The Morgan fingerprint density at radius 1 is 1.13 bits per heavy atom. The minimum Gasteiger partial charge on any atom is -0.490 e. The van der Waals surface area contributed by atoms with Crippen molar-refractivity contribution in [1.29, 1.82) is 0 Å². The number of thioether (sulfide) groups is 1. The largest absolute Gasteiger partial charge is 0.490 e. The smallest absolute Gasteiger partial charge is 0.266 e. The summed E-state index contributed by atoms with van der Waals surface area (Å²) in [7, 11) is 0.